The van der Waals surface area contributed by atoms with Crippen molar-refractivity contribution in [3.63, 3.8) is 0 Å². The fourth-order valence-electron chi connectivity index (χ4n) is 4.85. The van der Waals surface area contributed by atoms with E-state index in [2.05, 4.69) is 5.32 Å². The molecule has 4 rings (SSSR count). The fraction of sp³-hybridized carbons (Fsp3) is 0.500. The van der Waals surface area contributed by atoms with E-state index in [-0.39, 0.29) is 18.6 Å². The molecule has 2 aliphatic heterocycles. The van der Waals surface area contributed by atoms with Gasteiger partial charge in [0.25, 0.3) is 0 Å². The third-order valence-electron chi connectivity index (χ3n) is 6.87. The van der Waals surface area contributed by atoms with Crippen LogP contribution in [0.4, 0.5) is 10.1 Å². The second kappa shape index (κ2) is 9.93. The maximum absolute atomic E-state index is 15.0. The number of nitrogens with zero attached hydrogens (tertiary/aromatic N) is 2. The van der Waals surface area contributed by atoms with Gasteiger partial charge in [0.1, 0.15) is 11.1 Å². The summed E-state index contributed by atoms with van der Waals surface area (Å²) in [6, 6.07) is 13.8. The highest BCUT2D eigenvalue weighted by atomic mass is 32.2. The largest absolute Gasteiger partial charge is 0.382 e. The summed E-state index contributed by atoms with van der Waals surface area (Å²) in [4.78, 5) is 0. The molecule has 0 amide bonds. The molecule has 1 unspecified atom stereocenters. The lowest BCUT2D eigenvalue weighted by Gasteiger charge is -2.37. The Labute approximate surface area is 202 Å². The van der Waals surface area contributed by atoms with E-state index in [0.29, 0.717) is 50.0 Å². The average molecular weight is 510 g/mol. The van der Waals surface area contributed by atoms with Gasteiger partial charge in [-0.2, -0.15) is 4.31 Å². The average Bonchev–Trinajstić information content (AvgIpc) is 2.78. The summed E-state index contributed by atoms with van der Waals surface area (Å²) in [5, 5.41) is 2.67. The summed E-state index contributed by atoms with van der Waals surface area (Å²) in [5.41, 5.74) is 1.71. The van der Waals surface area contributed by atoms with Crippen LogP contribution in [-0.2, 0) is 26.6 Å². The molecule has 10 heteroatoms. The highest BCUT2D eigenvalue weighted by Gasteiger charge is 2.40. The lowest BCUT2D eigenvalue weighted by atomic mass is 10.0. The van der Waals surface area contributed by atoms with Crippen molar-refractivity contribution in [3.8, 4) is 0 Å². The number of sulfonamides is 2. The molecule has 2 heterocycles. The molecule has 0 radical (unpaired) electrons. The third kappa shape index (κ3) is 5.45. The molecule has 2 fully saturated rings. The molecule has 0 bridgehead atoms. The first kappa shape index (κ1) is 25.1. The van der Waals surface area contributed by atoms with Crippen LogP contribution in [-0.4, -0.2) is 56.9 Å². The minimum atomic E-state index is -3.63. The van der Waals surface area contributed by atoms with E-state index in [0.717, 1.165) is 5.56 Å². The molecule has 0 spiro atoms. The zero-order chi connectivity index (χ0) is 24.5. The molecule has 7 nitrogen and oxygen atoms in total. The first-order valence-corrected chi connectivity index (χ1v) is 15.0. The number of halogens is 1. The normalized spacial score (nSPS) is 24.7. The van der Waals surface area contributed by atoms with Gasteiger partial charge < -0.3 is 5.32 Å². The van der Waals surface area contributed by atoms with Crippen molar-refractivity contribution < 1.29 is 21.2 Å². The zero-order valence-corrected chi connectivity index (χ0v) is 21.2. The summed E-state index contributed by atoms with van der Waals surface area (Å²) in [6.07, 6.45) is 3.75. The maximum atomic E-state index is 15.0. The van der Waals surface area contributed by atoms with Crippen LogP contribution in [0.15, 0.2) is 48.5 Å². The highest BCUT2D eigenvalue weighted by molar-refractivity contribution is 7.89. The van der Waals surface area contributed by atoms with Gasteiger partial charge in [0.15, 0.2) is 0 Å². The first-order valence-electron chi connectivity index (χ1n) is 11.6. The quantitative estimate of drug-likeness (QED) is 0.642. The molecule has 186 valence electrons. The van der Waals surface area contributed by atoms with E-state index in [4.69, 9.17) is 0 Å². The number of piperidine rings is 1. The smallest absolute Gasteiger partial charge is 0.221 e. The van der Waals surface area contributed by atoms with Crippen LogP contribution in [0, 0.1) is 5.82 Å². The van der Waals surface area contributed by atoms with Gasteiger partial charge in [0.05, 0.1) is 6.26 Å². The Morgan fingerprint density at radius 3 is 2.32 bits per heavy atom. The van der Waals surface area contributed by atoms with Crippen LogP contribution in [0.25, 0.3) is 0 Å². The van der Waals surface area contributed by atoms with Gasteiger partial charge in [0, 0.05) is 43.0 Å². The molecule has 1 N–H and O–H groups in total. The Morgan fingerprint density at radius 2 is 1.71 bits per heavy atom. The van der Waals surface area contributed by atoms with E-state index in [1.807, 2.05) is 37.3 Å². The summed E-state index contributed by atoms with van der Waals surface area (Å²) in [7, 11) is -6.83. The molecule has 0 saturated carbocycles. The Morgan fingerprint density at radius 1 is 1.03 bits per heavy atom. The molecule has 0 aromatic heterocycles. The molecular weight excluding hydrogens is 477 g/mol. The Kier molecular flexibility index (Phi) is 7.33. The van der Waals surface area contributed by atoms with Crippen LogP contribution in [0.5, 0.6) is 0 Å². The first-order chi connectivity index (χ1) is 16.1. The summed E-state index contributed by atoms with van der Waals surface area (Å²) in [6.45, 7) is 2.73. The summed E-state index contributed by atoms with van der Waals surface area (Å²) >= 11 is 0. The Hall–Kier alpha value is -2.01. The standard InChI is InChI=1S/C24H32FN3O4S2/c1-18-8-11-24(19-6-4-3-5-7-19)34(31,32)28(18)17-20-9-10-22(16-23(20)25)26-21-12-14-27(15-13-21)33(2,29)30/h3-7,9-10,16,18,21,24,26H,8,11-15,17H2,1-2H3/t18-,24?/m0/s1. The fourth-order valence-corrected chi connectivity index (χ4v) is 7.91. The summed E-state index contributed by atoms with van der Waals surface area (Å²) in [5.74, 6) is -0.456. The SMILES string of the molecule is C[C@H]1CCC(c2ccccc2)S(=O)(=O)N1Cc1ccc(NC2CCN(S(C)(=O)=O)CC2)cc1F. The minimum Gasteiger partial charge on any atom is -0.382 e. The summed E-state index contributed by atoms with van der Waals surface area (Å²) < 4.78 is 68.1. The van der Waals surface area contributed by atoms with Crippen molar-refractivity contribution in [2.75, 3.05) is 24.7 Å². The number of anilines is 1. The highest BCUT2D eigenvalue weighted by Crippen LogP contribution is 2.38. The van der Waals surface area contributed by atoms with Gasteiger partial charge >= 0.3 is 0 Å². The topological polar surface area (TPSA) is 86.8 Å². The van der Waals surface area contributed by atoms with Gasteiger partial charge in [0.2, 0.25) is 20.0 Å². The molecule has 2 aromatic carbocycles. The van der Waals surface area contributed by atoms with Crippen LogP contribution < -0.4 is 5.32 Å². The molecular formula is C24H32FN3O4S2. The number of hydrogen-bond donors (Lipinski definition) is 1. The van der Waals surface area contributed by atoms with Gasteiger partial charge in [-0.25, -0.2) is 25.5 Å². The molecule has 0 aliphatic carbocycles. The van der Waals surface area contributed by atoms with E-state index in [1.165, 1.54) is 20.9 Å². The molecule has 2 aliphatic rings. The molecule has 2 aromatic rings. The van der Waals surface area contributed by atoms with Crippen LogP contribution in [0.3, 0.4) is 0 Å². The molecule has 34 heavy (non-hydrogen) atoms. The molecule has 2 saturated heterocycles. The number of benzene rings is 2. The number of nitrogens with one attached hydrogen (secondary N) is 1. The van der Waals surface area contributed by atoms with Crippen molar-refractivity contribution in [3.05, 3.63) is 65.5 Å². The van der Waals surface area contributed by atoms with E-state index in [9.17, 15) is 16.8 Å². The number of rotatable bonds is 6. The third-order valence-corrected chi connectivity index (χ3v) is 10.5. The second-order valence-corrected chi connectivity index (χ2v) is 13.4. The van der Waals surface area contributed by atoms with Crippen LogP contribution in [0.1, 0.15) is 49.0 Å². The van der Waals surface area contributed by atoms with Gasteiger partial charge in [-0.05, 0) is 50.3 Å². The van der Waals surface area contributed by atoms with E-state index >= 15 is 4.39 Å². The van der Waals surface area contributed by atoms with Crippen LogP contribution in [0.2, 0.25) is 0 Å². The van der Waals surface area contributed by atoms with Crippen molar-refractivity contribution in [1.82, 2.24) is 8.61 Å². The second-order valence-electron chi connectivity index (χ2n) is 9.30. The van der Waals surface area contributed by atoms with Crippen molar-refractivity contribution in [2.24, 2.45) is 0 Å². The minimum absolute atomic E-state index is 0.00824. The van der Waals surface area contributed by atoms with Gasteiger partial charge in [-0.3, -0.25) is 0 Å². The Balaban J connectivity index is 1.45. The molecule has 2 atom stereocenters. The van der Waals surface area contributed by atoms with Gasteiger partial charge in [-0.1, -0.05) is 36.4 Å². The lowest BCUT2D eigenvalue weighted by molar-refractivity contribution is 0.279. The van der Waals surface area contributed by atoms with E-state index in [1.54, 1.807) is 12.1 Å². The predicted molar refractivity (Wildman–Crippen MR) is 132 cm³/mol. The Bertz CT molecular complexity index is 1210. The maximum Gasteiger partial charge on any atom is 0.221 e. The number of hydrogen-bond acceptors (Lipinski definition) is 5. The predicted octanol–water partition coefficient (Wildman–Crippen LogP) is 3.72. The van der Waals surface area contributed by atoms with Crippen molar-refractivity contribution >= 4 is 25.7 Å². The van der Waals surface area contributed by atoms with Crippen molar-refractivity contribution in [2.45, 2.75) is 56.5 Å². The van der Waals surface area contributed by atoms with Gasteiger partial charge in [-0.15, -0.1) is 0 Å². The van der Waals surface area contributed by atoms with E-state index < -0.39 is 31.1 Å². The monoisotopic (exact) mass is 509 g/mol. The zero-order valence-electron chi connectivity index (χ0n) is 19.5. The van der Waals surface area contributed by atoms with Crippen LogP contribution >= 0.6 is 0 Å². The lowest BCUT2D eigenvalue weighted by Crippen LogP contribution is -2.44. The van der Waals surface area contributed by atoms with Crippen molar-refractivity contribution in [1.29, 1.82) is 0 Å².